The van der Waals surface area contributed by atoms with Gasteiger partial charge in [-0.2, -0.15) is 0 Å². The number of β-lactam (4-membered cyclic amide) rings is 1. The first kappa shape index (κ1) is 43.0. The molecule has 2 saturated heterocycles. The lowest BCUT2D eigenvalue weighted by Crippen LogP contribution is -2.77. The molecule has 11 nitrogen and oxygen atoms in total. The Labute approximate surface area is 380 Å². The number of hydrogen-bond acceptors (Lipinski definition) is 10. The fourth-order valence-corrected chi connectivity index (χ4v) is 11.8. The summed E-state index contributed by atoms with van der Waals surface area (Å²) in [6, 6.07) is 48.0. The van der Waals surface area contributed by atoms with Crippen LogP contribution < -0.4 is 10.6 Å². The summed E-state index contributed by atoms with van der Waals surface area (Å²) in [6.45, 7) is 3.56. The van der Waals surface area contributed by atoms with E-state index in [-0.39, 0.29) is 34.2 Å². The smallest absolute Gasteiger partial charge is 0.316 e. The fourth-order valence-electron chi connectivity index (χ4n) is 7.88. The third-order valence-electron chi connectivity index (χ3n) is 10.9. The van der Waals surface area contributed by atoms with E-state index in [0.29, 0.717) is 5.13 Å². The van der Waals surface area contributed by atoms with Crippen LogP contribution in [0.4, 0.5) is 5.13 Å². The predicted molar refractivity (Wildman–Crippen MR) is 250 cm³/mol. The Kier molecular flexibility index (Phi) is 13.0. The maximum atomic E-state index is 14.2. The molecule has 0 radical (unpaired) electrons. The minimum Gasteiger partial charge on any atom is -0.452 e. The van der Waals surface area contributed by atoms with Crippen LogP contribution in [0.5, 0.6) is 0 Å². The van der Waals surface area contributed by atoms with Crippen molar-refractivity contribution in [2.75, 3.05) is 22.0 Å². The van der Waals surface area contributed by atoms with Gasteiger partial charge in [-0.25, -0.2) is 4.98 Å². The maximum Gasteiger partial charge on any atom is 0.316 e. The molecule has 316 valence electrons. The zero-order valence-electron chi connectivity index (χ0n) is 33.9. The van der Waals surface area contributed by atoms with Gasteiger partial charge in [0.1, 0.15) is 34.2 Å². The number of ether oxygens (including phenoxy) is 1. The summed E-state index contributed by atoms with van der Waals surface area (Å²) in [6.07, 6.45) is -1.07. The minimum atomic E-state index is -1.73. The van der Waals surface area contributed by atoms with E-state index in [2.05, 4.69) is 74.8 Å². The van der Waals surface area contributed by atoms with Gasteiger partial charge in [-0.1, -0.05) is 179 Å². The number of fused-ring (bicyclic) bond motifs is 1. The largest absolute Gasteiger partial charge is 0.452 e. The summed E-state index contributed by atoms with van der Waals surface area (Å²) in [4.78, 5) is 54.2. The number of benzene rings is 5. The minimum absolute atomic E-state index is 0.00278. The number of amides is 2. The third kappa shape index (κ3) is 8.55. The Hall–Kier alpha value is -5.71. The Balaban J connectivity index is 1.03. The number of oxime groups is 1. The standard InChI is InChI=1S/C48H44IN5O6S2/c1-32(2)60-53-39(38-28-61-46(50-38)52-48(35-22-12-5-13-23-35,36-24-14-6-15-25-36)37-26-16-7-17-27-37)42(55)51-40-43(56)54-30-47(29-49,31-62(58)44(40)54)45(57)59-41(33-18-8-3-9-19-33)34-20-10-4-11-21-34/h3-28,32,40-41,44H,29-31H2,1-2H3,(H,50,52)(H,51,55)/t40?,44-,47?,62?/m1/s1. The highest BCUT2D eigenvalue weighted by Crippen LogP contribution is 2.42. The van der Waals surface area contributed by atoms with Gasteiger partial charge in [-0.15, -0.1) is 11.3 Å². The van der Waals surface area contributed by atoms with Crippen molar-refractivity contribution in [2.24, 2.45) is 10.6 Å². The summed E-state index contributed by atoms with van der Waals surface area (Å²) in [5, 5.41) is 12.1. The van der Waals surface area contributed by atoms with Crippen molar-refractivity contribution >= 4 is 73.4 Å². The van der Waals surface area contributed by atoms with Crippen LogP contribution in [-0.4, -0.2) is 71.8 Å². The van der Waals surface area contributed by atoms with Crippen molar-refractivity contribution in [3.8, 4) is 0 Å². The Morgan fingerprint density at radius 3 is 1.84 bits per heavy atom. The number of aromatic nitrogens is 1. The van der Waals surface area contributed by atoms with E-state index in [0.717, 1.165) is 27.8 Å². The number of hydrogen-bond donors (Lipinski definition) is 2. The molecule has 5 aromatic carbocycles. The van der Waals surface area contributed by atoms with Crippen molar-refractivity contribution in [3.63, 3.8) is 0 Å². The molecule has 3 unspecified atom stereocenters. The first-order chi connectivity index (χ1) is 30.1. The average molecular weight is 978 g/mol. The van der Waals surface area contributed by atoms with Gasteiger partial charge in [-0.3, -0.25) is 18.6 Å². The molecule has 8 rings (SSSR count). The fraction of sp³-hybridized carbons (Fsp3) is 0.229. The van der Waals surface area contributed by atoms with Crippen molar-refractivity contribution in [3.05, 3.63) is 191 Å². The molecule has 0 saturated carbocycles. The quantitative estimate of drug-likeness (QED) is 0.0202. The number of anilines is 1. The van der Waals surface area contributed by atoms with Crippen LogP contribution >= 0.6 is 33.9 Å². The molecular weight excluding hydrogens is 934 g/mol. The van der Waals surface area contributed by atoms with E-state index < -0.39 is 57.1 Å². The van der Waals surface area contributed by atoms with E-state index in [1.807, 2.05) is 115 Å². The molecule has 6 aromatic rings. The van der Waals surface area contributed by atoms with Crippen LogP contribution in [0.3, 0.4) is 0 Å². The molecule has 3 heterocycles. The van der Waals surface area contributed by atoms with Crippen LogP contribution in [0.1, 0.15) is 53.5 Å². The lowest BCUT2D eigenvalue weighted by Gasteiger charge is -2.53. The molecule has 0 aliphatic carbocycles. The number of rotatable bonds is 15. The highest BCUT2D eigenvalue weighted by Gasteiger charge is 2.61. The maximum absolute atomic E-state index is 14.2. The number of alkyl halides is 1. The summed E-state index contributed by atoms with van der Waals surface area (Å²) < 4.78 is 20.6. The Morgan fingerprint density at radius 2 is 1.35 bits per heavy atom. The Bertz CT molecular complexity index is 2430. The van der Waals surface area contributed by atoms with E-state index in [1.165, 1.54) is 16.2 Å². The van der Waals surface area contributed by atoms with E-state index in [1.54, 1.807) is 19.2 Å². The molecular formula is C48H44IN5O6S2. The normalized spacial score (nSPS) is 20.0. The van der Waals surface area contributed by atoms with Gasteiger partial charge in [0.05, 0.1) is 0 Å². The zero-order valence-corrected chi connectivity index (χ0v) is 37.7. The van der Waals surface area contributed by atoms with Crippen LogP contribution in [0.15, 0.2) is 162 Å². The van der Waals surface area contributed by atoms with E-state index in [4.69, 9.17) is 14.6 Å². The van der Waals surface area contributed by atoms with Gasteiger partial charge in [0, 0.05) is 32.9 Å². The summed E-state index contributed by atoms with van der Waals surface area (Å²) >= 11 is 3.40. The Morgan fingerprint density at radius 1 is 0.855 bits per heavy atom. The summed E-state index contributed by atoms with van der Waals surface area (Å²) in [5.41, 5.74) is 2.49. The highest BCUT2D eigenvalue weighted by atomic mass is 127. The number of thiazole rings is 1. The molecule has 2 fully saturated rings. The molecule has 62 heavy (non-hydrogen) atoms. The number of carbonyl (C=O) groups excluding carboxylic acids is 3. The van der Waals surface area contributed by atoms with Gasteiger partial charge < -0.3 is 25.1 Å². The lowest BCUT2D eigenvalue weighted by molar-refractivity contribution is -0.164. The lowest BCUT2D eigenvalue weighted by atomic mass is 9.77. The van der Waals surface area contributed by atoms with Gasteiger partial charge in [0.15, 0.2) is 16.9 Å². The summed E-state index contributed by atoms with van der Waals surface area (Å²) in [7, 11) is -1.73. The first-order valence-electron chi connectivity index (χ1n) is 20.1. The van der Waals surface area contributed by atoms with Gasteiger partial charge in [-0.05, 0) is 41.7 Å². The molecule has 2 aliphatic heterocycles. The number of nitrogens with one attached hydrogen (secondary N) is 2. The molecule has 1 aromatic heterocycles. The van der Waals surface area contributed by atoms with Crippen molar-refractivity contribution < 1.29 is 28.2 Å². The molecule has 2 N–H and O–H groups in total. The van der Waals surface area contributed by atoms with Crippen LogP contribution in [0.2, 0.25) is 0 Å². The van der Waals surface area contributed by atoms with Crippen LogP contribution in [0, 0.1) is 5.41 Å². The highest BCUT2D eigenvalue weighted by molar-refractivity contribution is 14.1. The number of nitrogens with zero attached hydrogens (tertiary/aromatic N) is 3. The van der Waals surface area contributed by atoms with Gasteiger partial charge >= 0.3 is 5.97 Å². The van der Waals surface area contributed by atoms with Gasteiger partial charge in [0.25, 0.3) is 5.91 Å². The van der Waals surface area contributed by atoms with Crippen molar-refractivity contribution in [2.45, 2.75) is 43.0 Å². The topological polar surface area (TPSA) is 139 Å². The number of halogens is 1. The molecule has 14 heteroatoms. The molecule has 2 aliphatic rings. The second-order valence-electron chi connectivity index (χ2n) is 15.5. The van der Waals surface area contributed by atoms with Gasteiger partial charge in [0.2, 0.25) is 5.91 Å². The number of esters is 1. The molecule has 0 spiro atoms. The third-order valence-corrected chi connectivity index (χ3v) is 15.1. The first-order valence-corrected chi connectivity index (χ1v) is 23.9. The number of carbonyl (C=O) groups is 3. The van der Waals surface area contributed by atoms with E-state index in [9.17, 15) is 18.6 Å². The molecule has 4 atom stereocenters. The SMILES string of the molecule is CC(C)ON=C(C(=O)NC1C(=O)N2CC(CI)(C(=O)OC(c3ccccc3)c3ccccc3)CS(=O)[C@H]12)c1csc(NC(c2ccccc2)(c2ccccc2)c2ccccc2)n1. The van der Waals surface area contributed by atoms with Crippen molar-refractivity contribution in [1.29, 1.82) is 0 Å². The second kappa shape index (κ2) is 18.7. The predicted octanol–water partition coefficient (Wildman–Crippen LogP) is 7.85. The second-order valence-corrected chi connectivity index (χ2v) is 18.6. The molecule has 2 amide bonds. The van der Waals surface area contributed by atoms with Crippen LogP contribution in [0.25, 0.3) is 0 Å². The average Bonchev–Trinajstić information content (AvgIpc) is 3.78. The monoisotopic (exact) mass is 977 g/mol. The van der Waals surface area contributed by atoms with Crippen LogP contribution in [-0.2, 0) is 40.3 Å². The van der Waals surface area contributed by atoms with E-state index >= 15 is 0 Å². The zero-order chi connectivity index (χ0) is 43.3. The summed E-state index contributed by atoms with van der Waals surface area (Å²) in [5.74, 6) is -1.75. The van der Waals surface area contributed by atoms with Crippen molar-refractivity contribution in [1.82, 2.24) is 15.2 Å². The molecule has 0 bridgehead atoms.